The van der Waals surface area contributed by atoms with Gasteiger partial charge in [-0.05, 0) is 55.6 Å². The molecule has 10 aromatic carbocycles. The Balaban J connectivity index is 0.897. The van der Waals surface area contributed by atoms with E-state index in [2.05, 4.69) is 0 Å². The molecule has 15 atom stereocenters. The highest BCUT2D eigenvalue weighted by molar-refractivity contribution is 5.22. The second kappa shape index (κ2) is 40.3. The van der Waals surface area contributed by atoms with Crippen LogP contribution in [0.5, 0.6) is 0 Å². The molecule has 0 radical (unpaired) electrons. The van der Waals surface area contributed by atoms with E-state index in [1.54, 1.807) is 7.11 Å². The highest BCUT2D eigenvalue weighted by Crippen LogP contribution is 2.39. The van der Waals surface area contributed by atoms with Crippen LogP contribution in [0.15, 0.2) is 303 Å². The number of benzene rings is 10. The van der Waals surface area contributed by atoms with Gasteiger partial charge in [-0.1, -0.05) is 303 Å². The van der Waals surface area contributed by atoms with Gasteiger partial charge in [0.15, 0.2) is 18.9 Å². The largest absolute Gasteiger partial charge is 0.374 e. The summed E-state index contributed by atoms with van der Waals surface area (Å²) in [6.07, 6.45) is -14.0. The molecule has 10 aromatic rings. The summed E-state index contributed by atoms with van der Waals surface area (Å²) in [7, 11) is 1.61. The zero-order valence-corrected chi connectivity index (χ0v) is 59.3. The van der Waals surface area contributed by atoms with Crippen molar-refractivity contribution in [3.05, 3.63) is 359 Å². The first kappa shape index (κ1) is 74.8. The molecule has 0 amide bonds. The van der Waals surface area contributed by atoms with E-state index in [0.29, 0.717) is 6.61 Å². The van der Waals surface area contributed by atoms with Crippen molar-refractivity contribution in [2.45, 2.75) is 158 Å². The van der Waals surface area contributed by atoms with Gasteiger partial charge in [-0.25, -0.2) is 0 Å². The van der Waals surface area contributed by atoms with Gasteiger partial charge >= 0.3 is 0 Å². The molecule has 3 heterocycles. The number of methoxy groups -OCH3 is 1. The SMILES string of the molecule is CO[C@H]1O[C@H](CO[C@H]2O[C@H](COCc3ccccc3)[C@@H](O[C@@H]3O[C@H](COCc4ccccc4)[C@H](OCc4ccccc4)[C@H](OCc4ccccc4)[C@H]3OCc3ccccc3)[C@H](OCc3ccccc3)[C@H]2OCc2ccccc2)[C@@H](OCc2ccccc2)[C@H](OCc2ccccc2)[C@H]1OCc1ccccc1. The molecule has 16 heteroatoms. The van der Waals surface area contributed by atoms with E-state index in [-0.39, 0.29) is 79.3 Å². The molecule has 0 N–H and O–H groups in total. The summed E-state index contributed by atoms with van der Waals surface area (Å²) in [5.41, 5.74) is 9.50. The Morgan fingerprint density at radius 3 is 0.705 bits per heavy atom. The number of ether oxygens (including phenoxy) is 16. The van der Waals surface area contributed by atoms with Crippen molar-refractivity contribution in [3.8, 4) is 0 Å². The minimum atomic E-state index is -1.22. The Hall–Kier alpha value is -8.44. The standard InChI is InChI=1S/C89H94O16/c1-90-87-84(98-59-72-46-26-9-27-47-72)81(95-56-69-40-20-6-21-41-69)79(94-55-68-38-18-5-19-39-68)77(102-87)64-101-88-85(99-60-73-48-28-10-29-49-73)83(97-58-71-44-24-8-25-45-71)80(76(103-88)63-92-53-66-34-14-3-15-35-66)105-89-86(100-61-74-50-30-11-31-51-74)82(96-57-70-42-22-7-23-43-70)78(93-54-67-36-16-4-17-37-67)75(104-89)62-91-52-65-32-12-2-13-33-65/h2-51,75-89H,52-64H2,1H3/t75-,76-,77-,78+,79-,80-,81+,82+,83+,84-,85-,86-,87+,88+,89+/m1/s1. The Labute approximate surface area is 616 Å². The van der Waals surface area contributed by atoms with Crippen LogP contribution in [-0.2, 0) is 142 Å². The molecule has 105 heavy (non-hydrogen) atoms. The van der Waals surface area contributed by atoms with Crippen LogP contribution < -0.4 is 0 Å². The molecule has 3 aliphatic rings. The summed E-state index contributed by atoms with van der Waals surface area (Å²) in [5, 5.41) is 0. The first-order valence-corrected chi connectivity index (χ1v) is 36.3. The van der Waals surface area contributed by atoms with Crippen LogP contribution in [0.4, 0.5) is 0 Å². The zero-order chi connectivity index (χ0) is 71.3. The molecule has 0 aromatic heterocycles. The van der Waals surface area contributed by atoms with Crippen molar-refractivity contribution < 1.29 is 75.8 Å². The van der Waals surface area contributed by atoms with E-state index < -0.39 is 92.1 Å². The average molecular weight is 1420 g/mol. The summed E-state index contributed by atoms with van der Waals surface area (Å²) in [6, 6.07) is 100. The minimum absolute atomic E-state index is 0.0109. The van der Waals surface area contributed by atoms with Crippen molar-refractivity contribution in [2.75, 3.05) is 26.9 Å². The van der Waals surface area contributed by atoms with E-state index in [1.807, 2.05) is 303 Å². The van der Waals surface area contributed by atoms with Crippen LogP contribution in [0, 0.1) is 0 Å². The Kier molecular flexibility index (Phi) is 28.7. The lowest BCUT2D eigenvalue weighted by Gasteiger charge is -2.50. The summed E-state index contributed by atoms with van der Waals surface area (Å²) >= 11 is 0. The van der Waals surface area contributed by atoms with Gasteiger partial charge in [0.25, 0.3) is 0 Å². The van der Waals surface area contributed by atoms with Gasteiger partial charge < -0.3 is 75.8 Å². The molecule has 0 bridgehead atoms. The fourth-order valence-corrected chi connectivity index (χ4v) is 13.3. The molecule has 0 unspecified atom stereocenters. The maximum Gasteiger partial charge on any atom is 0.187 e. The van der Waals surface area contributed by atoms with Gasteiger partial charge in [-0.15, -0.1) is 0 Å². The van der Waals surface area contributed by atoms with Gasteiger partial charge in [0.05, 0.1) is 85.9 Å². The highest BCUT2D eigenvalue weighted by atomic mass is 16.8. The van der Waals surface area contributed by atoms with Crippen molar-refractivity contribution in [1.29, 1.82) is 0 Å². The van der Waals surface area contributed by atoms with Gasteiger partial charge in [-0.3, -0.25) is 0 Å². The third kappa shape index (κ3) is 22.1. The molecule has 13 rings (SSSR count). The highest BCUT2D eigenvalue weighted by Gasteiger charge is 2.56. The van der Waals surface area contributed by atoms with Gasteiger partial charge in [0.1, 0.15) is 73.2 Å². The third-order valence-electron chi connectivity index (χ3n) is 18.8. The van der Waals surface area contributed by atoms with E-state index in [0.717, 1.165) is 55.6 Å². The van der Waals surface area contributed by atoms with E-state index >= 15 is 0 Å². The number of hydrogen-bond acceptors (Lipinski definition) is 16. The molecule has 3 fully saturated rings. The Morgan fingerprint density at radius 2 is 0.410 bits per heavy atom. The molecule has 3 aliphatic heterocycles. The molecule has 0 spiro atoms. The lowest BCUT2D eigenvalue weighted by atomic mass is 9.95. The quantitative estimate of drug-likeness (QED) is 0.0361. The first-order chi connectivity index (χ1) is 52.0. The molecule has 3 saturated heterocycles. The van der Waals surface area contributed by atoms with Crippen molar-refractivity contribution >= 4 is 0 Å². The average Bonchev–Trinajstić information content (AvgIpc) is 0.769. The predicted molar refractivity (Wildman–Crippen MR) is 396 cm³/mol. The van der Waals surface area contributed by atoms with Crippen LogP contribution in [0.1, 0.15) is 55.6 Å². The molecule has 0 aliphatic carbocycles. The second-order valence-corrected chi connectivity index (χ2v) is 26.4. The fourth-order valence-electron chi connectivity index (χ4n) is 13.3. The Morgan fingerprint density at radius 1 is 0.200 bits per heavy atom. The second-order valence-electron chi connectivity index (χ2n) is 26.4. The molecular formula is C89H94O16. The molecular weight excluding hydrogens is 1320 g/mol. The first-order valence-electron chi connectivity index (χ1n) is 36.3. The van der Waals surface area contributed by atoms with Gasteiger partial charge in [0, 0.05) is 7.11 Å². The lowest BCUT2D eigenvalue weighted by molar-refractivity contribution is -0.382. The van der Waals surface area contributed by atoms with Crippen LogP contribution in [-0.4, -0.2) is 119 Å². The van der Waals surface area contributed by atoms with E-state index in [1.165, 1.54) is 0 Å². The molecule has 16 nitrogen and oxygen atoms in total. The topological polar surface area (TPSA) is 148 Å². The van der Waals surface area contributed by atoms with E-state index in [9.17, 15) is 0 Å². The van der Waals surface area contributed by atoms with Crippen LogP contribution in [0.2, 0.25) is 0 Å². The summed E-state index contributed by atoms with van der Waals surface area (Å²) in [5.74, 6) is 0. The minimum Gasteiger partial charge on any atom is -0.374 e. The number of rotatable bonds is 38. The van der Waals surface area contributed by atoms with Crippen molar-refractivity contribution in [3.63, 3.8) is 0 Å². The van der Waals surface area contributed by atoms with Crippen LogP contribution in [0.3, 0.4) is 0 Å². The predicted octanol–water partition coefficient (Wildman–Crippen LogP) is 15.3. The monoisotopic (exact) mass is 1420 g/mol. The number of hydrogen-bond donors (Lipinski definition) is 0. The van der Waals surface area contributed by atoms with Crippen LogP contribution in [0.25, 0.3) is 0 Å². The van der Waals surface area contributed by atoms with E-state index in [4.69, 9.17) is 75.8 Å². The zero-order valence-electron chi connectivity index (χ0n) is 59.3. The van der Waals surface area contributed by atoms with Crippen molar-refractivity contribution in [2.24, 2.45) is 0 Å². The normalized spacial score (nSPS) is 24.6. The van der Waals surface area contributed by atoms with Crippen molar-refractivity contribution in [1.82, 2.24) is 0 Å². The van der Waals surface area contributed by atoms with Gasteiger partial charge in [0.2, 0.25) is 0 Å². The summed E-state index contributed by atoms with van der Waals surface area (Å²) in [4.78, 5) is 0. The third-order valence-corrected chi connectivity index (χ3v) is 18.8. The summed E-state index contributed by atoms with van der Waals surface area (Å²) < 4.78 is 115. The van der Waals surface area contributed by atoms with Crippen LogP contribution >= 0.6 is 0 Å². The fraction of sp³-hybridized carbons (Fsp3) is 0.326. The maximum absolute atomic E-state index is 7.83. The maximum atomic E-state index is 7.83. The molecule has 0 saturated carbocycles. The van der Waals surface area contributed by atoms with Gasteiger partial charge in [-0.2, -0.15) is 0 Å². The smallest absolute Gasteiger partial charge is 0.187 e. The lowest BCUT2D eigenvalue weighted by Crippen LogP contribution is -2.67. The summed E-state index contributed by atoms with van der Waals surface area (Å²) in [6.45, 7) is 2.10. The Bertz CT molecular complexity index is 3980. The molecule has 546 valence electrons.